The summed E-state index contributed by atoms with van der Waals surface area (Å²) in [6.07, 6.45) is 2.78. The summed E-state index contributed by atoms with van der Waals surface area (Å²) in [5.74, 6) is -4.63. The highest BCUT2D eigenvalue weighted by molar-refractivity contribution is 7.74. The first-order valence-electron chi connectivity index (χ1n) is 11.7. The number of methoxy groups -OCH3 is 1. The average molecular weight is 591 g/mol. The summed E-state index contributed by atoms with van der Waals surface area (Å²) in [5.41, 5.74) is -2.87. The Bertz CT molecular complexity index is 1780. The monoisotopic (exact) mass is 590 g/mol. The molecule has 0 radical (unpaired) electrons. The molecule has 0 bridgehead atoms. The summed E-state index contributed by atoms with van der Waals surface area (Å²) in [6.45, 7) is 0. The first-order chi connectivity index (χ1) is 19.2. The minimum absolute atomic E-state index is 0.00852. The lowest BCUT2D eigenvalue weighted by molar-refractivity contribution is 0.0938. The van der Waals surface area contributed by atoms with Crippen LogP contribution >= 0.6 is 11.6 Å². The van der Waals surface area contributed by atoms with Crippen molar-refractivity contribution in [3.8, 4) is 23.1 Å². The van der Waals surface area contributed by atoms with Crippen molar-refractivity contribution in [2.24, 2.45) is 5.92 Å². The number of anilines is 2. The van der Waals surface area contributed by atoms with E-state index in [0.717, 1.165) is 37.1 Å². The second kappa shape index (κ2) is 10.7. The molecule has 1 aliphatic rings. The van der Waals surface area contributed by atoms with Crippen LogP contribution in [0.4, 0.5) is 24.5 Å². The first kappa shape index (κ1) is 27.2. The number of amides is 1. The Labute approximate surface area is 231 Å². The minimum Gasteiger partial charge on any atom is -0.479 e. The molecule has 40 heavy (non-hydrogen) atoms. The normalized spacial score (nSPS) is 13.7. The number of H-pyrrole nitrogens is 1. The molecule has 2 aromatic carbocycles. The number of rotatable bonds is 8. The number of benzene rings is 2. The minimum atomic E-state index is -3.59. The van der Waals surface area contributed by atoms with Crippen LogP contribution in [0.5, 0.6) is 5.88 Å². The molecule has 0 aliphatic heterocycles. The fourth-order valence-corrected chi connectivity index (χ4v) is 5.10. The highest BCUT2D eigenvalue weighted by Crippen LogP contribution is 2.41. The number of hydrogen-bond donors (Lipinski definition) is 3. The van der Waals surface area contributed by atoms with Crippen LogP contribution in [0.25, 0.3) is 22.0 Å². The smallest absolute Gasteiger partial charge is 0.273 e. The molecule has 1 saturated carbocycles. The zero-order valence-corrected chi connectivity index (χ0v) is 22.1. The molecular weight excluding hydrogens is 573 g/mol. The Balaban J connectivity index is 1.60. The molecule has 1 amide bonds. The molecule has 1 fully saturated rings. The van der Waals surface area contributed by atoms with Crippen molar-refractivity contribution < 1.29 is 31.1 Å². The lowest BCUT2D eigenvalue weighted by atomic mass is 10.0. The first-order valence-corrected chi connectivity index (χ1v) is 13.2. The van der Waals surface area contributed by atoms with Gasteiger partial charge in [0.1, 0.15) is 23.1 Å². The second-order valence-corrected chi connectivity index (χ2v) is 10.1. The van der Waals surface area contributed by atoms with Crippen LogP contribution in [0.15, 0.2) is 36.5 Å². The SMILES string of the molecule is COc1ncc(Cl)cc1N(c1ccc(F)c(-c2ccc3c(C(=O)NC(C#N)C4CC4)n[nH]c3c2F)c1F)[SH](=O)=O. The molecule has 15 heteroatoms. The van der Waals surface area contributed by atoms with Crippen LogP contribution in [0.2, 0.25) is 5.02 Å². The number of ether oxygens (including phenoxy) is 1. The van der Waals surface area contributed by atoms with Crippen LogP contribution in [0.1, 0.15) is 23.3 Å². The molecule has 2 N–H and O–H groups in total. The van der Waals surface area contributed by atoms with Crippen molar-refractivity contribution in [1.29, 1.82) is 5.26 Å². The Morgan fingerprint density at radius 3 is 2.62 bits per heavy atom. The molecule has 0 spiro atoms. The van der Waals surface area contributed by atoms with Crippen molar-refractivity contribution in [3.63, 3.8) is 0 Å². The maximum Gasteiger partial charge on any atom is 0.273 e. The number of carbonyl (C=O) groups excluding carboxylic acids is 1. The number of nitriles is 1. The van der Waals surface area contributed by atoms with Gasteiger partial charge in [0, 0.05) is 17.1 Å². The maximum atomic E-state index is 15.9. The Morgan fingerprint density at radius 2 is 1.98 bits per heavy atom. The van der Waals surface area contributed by atoms with Crippen LogP contribution < -0.4 is 14.4 Å². The molecular formula is C25H18ClF3N6O4S. The summed E-state index contributed by atoms with van der Waals surface area (Å²) in [6, 6.07) is 6.37. The molecule has 4 aromatic rings. The van der Waals surface area contributed by atoms with Crippen molar-refractivity contribution >= 4 is 50.7 Å². The highest BCUT2D eigenvalue weighted by Gasteiger charge is 2.33. The van der Waals surface area contributed by atoms with Crippen LogP contribution in [-0.4, -0.2) is 42.7 Å². The zero-order chi connectivity index (χ0) is 28.7. The summed E-state index contributed by atoms with van der Waals surface area (Å²) in [4.78, 5) is 16.6. The number of pyridine rings is 1. The van der Waals surface area contributed by atoms with E-state index in [-0.39, 0.29) is 39.1 Å². The van der Waals surface area contributed by atoms with Crippen molar-refractivity contribution in [2.75, 3.05) is 11.4 Å². The molecule has 10 nitrogen and oxygen atoms in total. The van der Waals surface area contributed by atoms with Crippen LogP contribution in [-0.2, 0) is 10.9 Å². The number of halogens is 4. The number of thiol groups is 1. The van der Waals surface area contributed by atoms with Crippen molar-refractivity contribution in [2.45, 2.75) is 18.9 Å². The number of carbonyl (C=O) groups is 1. The van der Waals surface area contributed by atoms with Crippen LogP contribution in [0.3, 0.4) is 0 Å². The van der Waals surface area contributed by atoms with Crippen molar-refractivity contribution in [1.82, 2.24) is 20.5 Å². The second-order valence-electron chi connectivity index (χ2n) is 8.83. The van der Waals surface area contributed by atoms with Gasteiger partial charge in [-0.05, 0) is 43.0 Å². The van der Waals surface area contributed by atoms with E-state index in [4.69, 9.17) is 16.3 Å². The van der Waals surface area contributed by atoms with E-state index in [9.17, 15) is 18.5 Å². The lowest BCUT2D eigenvalue weighted by Gasteiger charge is -2.21. The van der Waals surface area contributed by atoms with Gasteiger partial charge in [-0.2, -0.15) is 10.4 Å². The predicted molar refractivity (Wildman–Crippen MR) is 139 cm³/mol. The molecule has 5 rings (SSSR count). The molecule has 0 saturated heterocycles. The van der Waals surface area contributed by atoms with Gasteiger partial charge in [-0.15, -0.1) is 0 Å². The number of aromatic amines is 1. The summed E-state index contributed by atoms with van der Waals surface area (Å²) in [5, 5.41) is 18.1. The fourth-order valence-electron chi connectivity index (χ4n) is 4.30. The Hall–Kier alpha value is -4.35. The number of nitrogens with zero attached hydrogens (tertiary/aromatic N) is 4. The van der Waals surface area contributed by atoms with E-state index in [1.807, 2.05) is 6.07 Å². The summed E-state index contributed by atoms with van der Waals surface area (Å²) in [7, 11) is -2.39. The molecule has 1 unspecified atom stereocenters. The number of fused-ring (bicyclic) bond motifs is 1. The van der Waals surface area contributed by atoms with Gasteiger partial charge >= 0.3 is 0 Å². The van der Waals surface area contributed by atoms with Gasteiger partial charge in [-0.3, -0.25) is 9.89 Å². The number of nitrogens with one attached hydrogen (secondary N) is 2. The van der Waals surface area contributed by atoms with E-state index in [0.29, 0.717) is 4.31 Å². The Morgan fingerprint density at radius 1 is 1.23 bits per heavy atom. The summed E-state index contributed by atoms with van der Waals surface area (Å²) >= 11 is 5.96. The van der Waals surface area contributed by atoms with Crippen molar-refractivity contribution in [3.05, 3.63) is 64.7 Å². The van der Waals surface area contributed by atoms with E-state index in [1.165, 1.54) is 19.4 Å². The van der Waals surface area contributed by atoms with Gasteiger partial charge in [0.2, 0.25) is 16.8 Å². The molecule has 1 aliphatic carbocycles. The van der Waals surface area contributed by atoms with Gasteiger partial charge in [0.05, 0.1) is 29.5 Å². The number of hydrogen-bond acceptors (Lipinski definition) is 7. The van der Waals surface area contributed by atoms with Gasteiger partial charge in [-0.1, -0.05) is 17.7 Å². The third kappa shape index (κ3) is 4.78. The fraction of sp³-hybridized carbons (Fsp3) is 0.200. The van der Waals surface area contributed by atoms with Gasteiger partial charge in [0.15, 0.2) is 17.3 Å². The quantitative estimate of drug-likeness (QED) is 0.258. The predicted octanol–water partition coefficient (Wildman–Crippen LogP) is 4.40. The van der Waals surface area contributed by atoms with Gasteiger partial charge < -0.3 is 10.1 Å². The topological polar surface area (TPSA) is 141 Å². The van der Waals surface area contributed by atoms with E-state index < -0.39 is 57.1 Å². The molecule has 2 heterocycles. The third-order valence-electron chi connectivity index (χ3n) is 6.36. The van der Waals surface area contributed by atoms with Gasteiger partial charge in [0.25, 0.3) is 5.91 Å². The largest absolute Gasteiger partial charge is 0.479 e. The maximum absolute atomic E-state index is 15.9. The van der Waals surface area contributed by atoms with Crippen LogP contribution in [0, 0.1) is 34.7 Å². The zero-order valence-electron chi connectivity index (χ0n) is 20.4. The Kier molecular flexibility index (Phi) is 7.26. The summed E-state index contributed by atoms with van der Waals surface area (Å²) < 4.78 is 76.6. The number of aromatic nitrogens is 3. The highest BCUT2D eigenvalue weighted by atomic mass is 35.5. The van der Waals surface area contributed by atoms with Gasteiger partial charge in [-0.25, -0.2) is 30.9 Å². The van der Waals surface area contributed by atoms with E-state index in [2.05, 4.69) is 20.5 Å². The third-order valence-corrected chi connectivity index (χ3v) is 7.33. The average Bonchev–Trinajstić information content (AvgIpc) is 3.67. The van der Waals surface area contributed by atoms with E-state index >= 15 is 13.2 Å². The lowest BCUT2D eigenvalue weighted by Crippen LogP contribution is -2.35. The van der Waals surface area contributed by atoms with E-state index in [1.54, 1.807) is 0 Å². The molecule has 1 atom stereocenters. The standard InChI is InChI=1S/C25H18ClF3N6O4S/c1-39-25-18(8-12(26)10-31-25)35(40(37)38)17-7-6-15(27)19(21(17)29)13-4-5-14-22(20(13)28)33-34-23(14)24(36)32-16(9-30)11-2-3-11/h4-8,10-11,16,40H,2-3H2,1H3,(H,32,36)(H,33,34). The molecule has 206 valence electrons. The molecule has 2 aromatic heterocycles.